The van der Waals surface area contributed by atoms with Gasteiger partial charge in [-0.25, -0.2) is 9.18 Å². The number of nitrogens with zero attached hydrogens (tertiary/aromatic N) is 1. The first kappa shape index (κ1) is 12.6. The SMILES string of the molecule is CC1CCN(c2cc(F)cc(/C=C/C(=O)O)c2)C1. The van der Waals surface area contributed by atoms with Crippen LogP contribution in [0.5, 0.6) is 0 Å². The van der Waals surface area contributed by atoms with Gasteiger partial charge < -0.3 is 10.0 Å². The fourth-order valence-corrected chi connectivity index (χ4v) is 2.21. The zero-order valence-electron chi connectivity index (χ0n) is 10.3. The van der Waals surface area contributed by atoms with Crippen LogP contribution >= 0.6 is 0 Å². The predicted molar refractivity (Wildman–Crippen MR) is 69.1 cm³/mol. The van der Waals surface area contributed by atoms with Crippen molar-refractivity contribution in [2.24, 2.45) is 5.92 Å². The smallest absolute Gasteiger partial charge is 0.328 e. The first-order valence-electron chi connectivity index (χ1n) is 6.01. The highest BCUT2D eigenvalue weighted by Gasteiger charge is 2.19. The average Bonchev–Trinajstić information content (AvgIpc) is 2.72. The second kappa shape index (κ2) is 5.21. The molecule has 1 unspecified atom stereocenters. The maximum absolute atomic E-state index is 13.5. The number of carboxylic acids is 1. The third-order valence-corrected chi connectivity index (χ3v) is 3.11. The number of hydrogen-bond donors (Lipinski definition) is 1. The molecule has 0 bridgehead atoms. The minimum absolute atomic E-state index is 0.336. The Hall–Kier alpha value is -1.84. The molecule has 1 fully saturated rings. The van der Waals surface area contributed by atoms with Gasteiger partial charge in [0.1, 0.15) is 5.82 Å². The summed E-state index contributed by atoms with van der Waals surface area (Å²) < 4.78 is 13.5. The Balaban J connectivity index is 2.23. The molecule has 0 saturated carbocycles. The van der Waals surface area contributed by atoms with Crippen LogP contribution in [-0.2, 0) is 4.79 Å². The lowest BCUT2D eigenvalue weighted by atomic mass is 10.1. The molecular formula is C14H16FNO2. The number of aliphatic carboxylic acids is 1. The van der Waals surface area contributed by atoms with Crippen LogP contribution < -0.4 is 4.90 Å². The van der Waals surface area contributed by atoms with E-state index in [2.05, 4.69) is 11.8 Å². The Labute approximate surface area is 106 Å². The minimum Gasteiger partial charge on any atom is -0.478 e. The zero-order valence-corrected chi connectivity index (χ0v) is 10.3. The van der Waals surface area contributed by atoms with Crippen molar-refractivity contribution in [3.63, 3.8) is 0 Å². The number of halogens is 1. The molecule has 0 radical (unpaired) electrons. The molecule has 0 amide bonds. The maximum Gasteiger partial charge on any atom is 0.328 e. The van der Waals surface area contributed by atoms with E-state index in [9.17, 15) is 9.18 Å². The Morgan fingerprint density at radius 1 is 1.50 bits per heavy atom. The second-order valence-electron chi connectivity index (χ2n) is 4.75. The maximum atomic E-state index is 13.5. The molecule has 4 heteroatoms. The van der Waals surface area contributed by atoms with E-state index in [4.69, 9.17) is 5.11 Å². The lowest BCUT2D eigenvalue weighted by Gasteiger charge is -2.18. The van der Waals surface area contributed by atoms with E-state index >= 15 is 0 Å². The molecule has 0 spiro atoms. The summed E-state index contributed by atoms with van der Waals surface area (Å²) in [6, 6.07) is 4.65. The highest BCUT2D eigenvalue weighted by atomic mass is 19.1. The van der Waals surface area contributed by atoms with Crippen molar-refractivity contribution < 1.29 is 14.3 Å². The Kier molecular flexibility index (Phi) is 3.65. The summed E-state index contributed by atoms with van der Waals surface area (Å²) in [6.45, 7) is 4.02. The van der Waals surface area contributed by atoms with Gasteiger partial charge >= 0.3 is 5.97 Å². The number of hydrogen-bond acceptors (Lipinski definition) is 2. The molecule has 1 aliphatic heterocycles. The van der Waals surface area contributed by atoms with Crippen LogP contribution in [0, 0.1) is 11.7 Å². The van der Waals surface area contributed by atoms with E-state index in [0.29, 0.717) is 11.5 Å². The second-order valence-corrected chi connectivity index (χ2v) is 4.75. The van der Waals surface area contributed by atoms with Crippen molar-refractivity contribution in [1.82, 2.24) is 0 Å². The lowest BCUT2D eigenvalue weighted by Crippen LogP contribution is -2.19. The molecule has 2 rings (SSSR count). The molecule has 0 aliphatic carbocycles. The quantitative estimate of drug-likeness (QED) is 0.837. The van der Waals surface area contributed by atoms with E-state index in [-0.39, 0.29) is 5.82 Å². The number of rotatable bonds is 3. The largest absolute Gasteiger partial charge is 0.478 e. The molecular weight excluding hydrogens is 233 g/mol. The van der Waals surface area contributed by atoms with Gasteiger partial charge in [0, 0.05) is 24.9 Å². The van der Waals surface area contributed by atoms with E-state index in [0.717, 1.165) is 31.3 Å². The molecule has 1 aromatic carbocycles. The fraction of sp³-hybridized carbons (Fsp3) is 0.357. The van der Waals surface area contributed by atoms with Crippen molar-refractivity contribution in [3.8, 4) is 0 Å². The van der Waals surface area contributed by atoms with Gasteiger partial charge in [0.05, 0.1) is 0 Å². The highest BCUT2D eigenvalue weighted by Crippen LogP contribution is 2.25. The molecule has 18 heavy (non-hydrogen) atoms. The fourth-order valence-electron chi connectivity index (χ4n) is 2.21. The van der Waals surface area contributed by atoms with Gasteiger partial charge in [-0.05, 0) is 42.2 Å². The molecule has 0 aromatic heterocycles. The molecule has 3 nitrogen and oxygen atoms in total. The molecule has 1 atom stereocenters. The Morgan fingerprint density at radius 2 is 2.28 bits per heavy atom. The molecule has 1 saturated heterocycles. The summed E-state index contributed by atoms with van der Waals surface area (Å²) >= 11 is 0. The summed E-state index contributed by atoms with van der Waals surface area (Å²) in [4.78, 5) is 12.6. The molecule has 1 aliphatic rings. The lowest BCUT2D eigenvalue weighted by molar-refractivity contribution is -0.131. The van der Waals surface area contributed by atoms with Gasteiger partial charge in [0.15, 0.2) is 0 Å². The van der Waals surface area contributed by atoms with E-state index in [1.54, 1.807) is 0 Å². The van der Waals surface area contributed by atoms with Crippen molar-refractivity contribution in [2.45, 2.75) is 13.3 Å². The number of carbonyl (C=O) groups is 1. The average molecular weight is 249 g/mol. The number of carboxylic acid groups (broad SMARTS) is 1. The summed E-state index contributed by atoms with van der Waals surface area (Å²) in [7, 11) is 0. The monoisotopic (exact) mass is 249 g/mol. The third-order valence-electron chi connectivity index (χ3n) is 3.11. The van der Waals surface area contributed by atoms with Gasteiger partial charge in [-0.2, -0.15) is 0 Å². The van der Waals surface area contributed by atoms with Crippen molar-refractivity contribution in [2.75, 3.05) is 18.0 Å². The van der Waals surface area contributed by atoms with Crippen LogP contribution in [-0.4, -0.2) is 24.2 Å². The zero-order chi connectivity index (χ0) is 13.1. The standard InChI is InChI=1S/C14H16FNO2/c1-10-4-5-16(9-10)13-7-11(2-3-14(17)18)6-12(15)8-13/h2-3,6-8,10H,4-5,9H2,1H3,(H,17,18)/b3-2+. The van der Waals surface area contributed by atoms with Crippen LogP contribution in [0.4, 0.5) is 10.1 Å². The minimum atomic E-state index is -1.03. The highest BCUT2D eigenvalue weighted by molar-refractivity contribution is 5.85. The van der Waals surface area contributed by atoms with Gasteiger partial charge in [-0.15, -0.1) is 0 Å². The predicted octanol–water partition coefficient (Wildman–Crippen LogP) is 2.77. The molecule has 1 heterocycles. The van der Waals surface area contributed by atoms with E-state index in [1.807, 2.05) is 6.07 Å². The summed E-state index contributed by atoms with van der Waals surface area (Å²) in [6.07, 6.45) is 3.54. The topological polar surface area (TPSA) is 40.5 Å². The number of benzene rings is 1. The van der Waals surface area contributed by atoms with E-state index in [1.165, 1.54) is 18.2 Å². The molecule has 96 valence electrons. The van der Waals surface area contributed by atoms with Crippen molar-refractivity contribution >= 4 is 17.7 Å². The van der Waals surface area contributed by atoms with Crippen molar-refractivity contribution in [3.05, 3.63) is 35.7 Å². The van der Waals surface area contributed by atoms with E-state index < -0.39 is 5.97 Å². The summed E-state index contributed by atoms with van der Waals surface area (Å²) in [5, 5.41) is 8.57. The van der Waals surface area contributed by atoms with Crippen LogP contribution in [0.25, 0.3) is 6.08 Å². The molecule has 1 N–H and O–H groups in total. The molecule has 1 aromatic rings. The van der Waals surface area contributed by atoms with Gasteiger partial charge in [0.2, 0.25) is 0 Å². The summed E-state index contributed by atoms with van der Waals surface area (Å²) in [5.41, 5.74) is 1.40. The van der Waals surface area contributed by atoms with Crippen LogP contribution in [0.2, 0.25) is 0 Å². The normalized spacial score (nSPS) is 19.7. The van der Waals surface area contributed by atoms with Crippen molar-refractivity contribution in [1.29, 1.82) is 0 Å². The van der Waals surface area contributed by atoms with Gasteiger partial charge in [-0.1, -0.05) is 6.92 Å². The third kappa shape index (κ3) is 3.09. The first-order chi connectivity index (χ1) is 8.54. The number of anilines is 1. The Bertz CT molecular complexity index is 485. The van der Waals surface area contributed by atoms with Gasteiger partial charge in [-0.3, -0.25) is 0 Å². The Morgan fingerprint density at radius 3 is 2.89 bits per heavy atom. The van der Waals surface area contributed by atoms with Crippen LogP contribution in [0.3, 0.4) is 0 Å². The van der Waals surface area contributed by atoms with Crippen LogP contribution in [0.1, 0.15) is 18.9 Å². The van der Waals surface area contributed by atoms with Crippen LogP contribution in [0.15, 0.2) is 24.3 Å². The van der Waals surface area contributed by atoms with Gasteiger partial charge in [0.25, 0.3) is 0 Å². The first-order valence-corrected chi connectivity index (χ1v) is 6.01. The summed E-state index contributed by atoms with van der Waals surface area (Å²) in [5.74, 6) is -0.751.